The van der Waals surface area contributed by atoms with Crippen LogP contribution in [0.2, 0.25) is 0 Å². The largest absolute Gasteiger partial charge is 0.339 e. The van der Waals surface area contributed by atoms with Crippen LogP contribution in [-0.4, -0.2) is 40.7 Å². The van der Waals surface area contributed by atoms with Gasteiger partial charge >= 0.3 is 0 Å². The highest BCUT2D eigenvalue weighted by molar-refractivity contribution is 5.96. The maximum absolute atomic E-state index is 12.5. The monoisotopic (exact) mass is 366 g/mol. The van der Waals surface area contributed by atoms with Gasteiger partial charge in [-0.3, -0.25) is 19.4 Å². The van der Waals surface area contributed by atoms with E-state index in [1.165, 1.54) is 6.92 Å². The number of likely N-dealkylation sites (tertiary alicyclic amines) is 1. The van der Waals surface area contributed by atoms with Crippen LogP contribution in [0.4, 0.5) is 11.4 Å². The number of hydrogen-bond acceptors (Lipinski definition) is 4. The van der Waals surface area contributed by atoms with Crippen molar-refractivity contribution in [2.45, 2.75) is 19.8 Å². The van der Waals surface area contributed by atoms with E-state index < -0.39 is 0 Å². The van der Waals surface area contributed by atoms with E-state index in [1.54, 1.807) is 53.7 Å². The number of nitrogens with one attached hydrogen (secondary N) is 2. The maximum atomic E-state index is 12.5. The molecule has 3 amide bonds. The molecule has 1 fully saturated rings. The highest BCUT2D eigenvalue weighted by Gasteiger charge is 2.28. The lowest BCUT2D eigenvalue weighted by atomic mass is 9.95. The fourth-order valence-corrected chi connectivity index (χ4v) is 3.14. The topological polar surface area (TPSA) is 91.4 Å². The van der Waals surface area contributed by atoms with E-state index in [-0.39, 0.29) is 23.6 Å². The summed E-state index contributed by atoms with van der Waals surface area (Å²) in [5, 5.41) is 5.59. The fraction of sp³-hybridized carbons (Fsp3) is 0.300. The van der Waals surface area contributed by atoms with Gasteiger partial charge in [-0.05, 0) is 43.2 Å². The van der Waals surface area contributed by atoms with Gasteiger partial charge in [0.15, 0.2) is 0 Å². The second-order valence-electron chi connectivity index (χ2n) is 6.56. The van der Waals surface area contributed by atoms with Crippen LogP contribution in [0.15, 0.2) is 48.8 Å². The first-order chi connectivity index (χ1) is 13.0. The molecule has 1 aliphatic rings. The summed E-state index contributed by atoms with van der Waals surface area (Å²) >= 11 is 0. The summed E-state index contributed by atoms with van der Waals surface area (Å²) in [5.41, 5.74) is 1.84. The van der Waals surface area contributed by atoms with Crippen LogP contribution in [0.25, 0.3) is 0 Å². The van der Waals surface area contributed by atoms with E-state index >= 15 is 0 Å². The zero-order valence-corrected chi connectivity index (χ0v) is 15.1. The summed E-state index contributed by atoms with van der Waals surface area (Å²) in [7, 11) is 0. The smallest absolute Gasteiger partial charge is 0.255 e. The van der Waals surface area contributed by atoms with Gasteiger partial charge in [0, 0.05) is 49.7 Å². The third-order valence-corrected chi connectivity index (χ3v) is 4.51. The predicted octanol–water partition coefficient (Wildman–Crippen LogP) is 2.53. The first kappa shape index (κ1) is 18.6. The average molecular weight is 366 g/mol. The lowest BCUT2D eigenvalue weighted by Gasteiger charge is -2.31. The van der Waals surface area contributed by atoms with Gasteiger partial charge in [0.2, 0.25) is 11.8 Å². The first-order valence-electron chi connectivity index (χ1n) is 8.91. The Hall–Kier alpha value is -3.22. The molecule has 7 nitrogen and oxygen atoms in total. The molecular weight excluding hydrogens is 344 g/mol. The molecule has 7 heteroatoms. The molecule has 0 unspecified atom stereocenters. The van der Waals surface area contributed by atoms with Gasteiger partial charge in [-0.2, -0.15) is 0 Å². The van der Waals surface area contributed by atoms with Gasteiger partial charge in [-0.25, -0.2) is 0 Å². The molecule has 27 heavy (non-hydrogen) atoms. The van der Waals surface area contributed by atoms with E-state index in [9.17, 15) is 14.4 Å². The van der Waals surface area contributed by atoms with Crippen LogP contribution in [0, 0.1) is 5.92 Å². The molecule has 0 spiro atoms. The Balaban J connectivity index is 1.54. The quantitative estimate of drug-likeness (QED) is 0.870. The molecule has 3 rings (SSSR count). The summed E-state index contributed by atoms with van der Waals surface area (Å²) in [6, 6.07) is 10.5. The summed E-state index contributed by atoms with van der Waals surface area (Å²) in [5.74, 6) is -0.426. The van der Waals surface area contributed by atoms with Gasteiger partial charge in [0.1, 0.15) is 0 Å². The van der Waals surface area contributed by atoms with Gasteiger partial charge in [-0.15, -0.1) is 0 Å². The Morgan fingerprint density at radius 1 is 1.04 bits per heavy atom. The number of hydrogen-bond donors (Lipinski definition) is 2. The molecular formula is C20H22N4O3. The van der Waals surface area contributed by atoms with E-state index in [1.807, 2.05) is 0 Å². The van der Waals surface area contributed by atoms with Crippen molar-refractivity contribution in [2.75, 3.05) is 23.7 Å². The highest BCUT2D eigenvalue weighted by Crippen LogP contribution is 2.22. The first-order valence-corrected chi connectivity index (χ1v) is 8.91. The Bertz CT molecular complexity index is 830. The van der Waals surface area contributed by atoms with Crippen LogP contribution < -0.4 is 10.6 Å². The minimum atomic E-state index is -0.163. The number of rotatable bonds is 4. The molecule has 0 radical (unpaired) electrons. The second kappa shape index (κ2) is 8.44. The third-order valence-electron chi connectivity index (χ3n) is 4.51. The van der Waals surface area contributed by atoms with Gasteiger partial charge in [-0.1, -0.05) is 6.07 Å². The van der Waals surface area contributed by atoms with Crippen LogP contribution in [0.3, 0.4) is 0 Å². The van der Waals surface area contributed by atoms with E-state index in [4.69, 9.17) is 0 Å². The van der Waals surface area contributed by atoms with Crippen molar-refractivity contribution in [1.29, 1.82) is 0 Å². The summed E-state index contributed by atoms with van der Waals surface area (Å²) in [6.45, 7) is 2.52. The van der Waals surface area contributed by atoms with Gasteiger partial charge < -0.3 is 15.5 Å². The summed E-state index contributed by atoms with van der Waals surface area (Å²) < 4.78 is 0. The number of amides is 3. The van der Waals surface area contributed by atoms with Crippen molar-refractivity contribution < 1.29 is 14.4 Å². The number of anilines is 2. The molecule has 1 aliphatic heterocycles. The molecule has 2 aromatic rings. The molecule has 140 valence electrons. The summed E-state index contributed by atoms with van der Waals surface area (Å²) in [4.78, 5) is 41.9. The van der Waals surface area contributed by atoms with E-state index in [0.29, 0.717) is 42.9 Å². The van der Waals surface area contributed by atoms with Crippen molar-refractivity contribution in [3.05, 3.63) is 54.4 Å². The minimum absolute atomic E-state index is 0.0510. The molecule has 0 atom stereocenters. The second-order valence-corrected chi connectivity index (χ2v) is 6.56. The number of carbonyl (C=O) groups is 3. The standard InChI is InChI=1S/C20H22N4O3/c1-14(25)22-17-5-2-6-18(12-17)23-19(26)15-7-10-24(11-8-15)20(27)16-4-3-9-21-13-16/h2-6,9,12-13,15H,7-8,10-11H2,1H3,(H,22,25)(H,23,26). The molecule has 1 aromatic heterocycles. The van der Waals surface area contributed by atoms with Crippen LogP contribution in [0.5, 0.6) is 0 Å². The Labute approximate surface area is 157 Å². The number of aromatic nitrogens is 1. The molecule has 2 N–H and O–H groups in total. The molecule has 1 saturated heterocycles. The molecule has 2 heterocycles. The number of carbonyl (C=O) groups excluding carboxylic acids is 3. The van der Waals surface area contributed by atoms with Crippen molar-refractivity contribution in [2.24, 2.45) is 5.92 Å². The molecule has 0 saturated carbocycles. The number of nitrogens with zero attached hydrogens (tertiary/aromatic N) is 2. The number of pyridine rings is 1. The normalized spacial score (nSPS) is 14.5. The average Bonchev–Trinajstić information content (AvgIpc) is 2.68. The summed E-state index contributed by atoms with van der Waals surface area (Å²) in [6.07, 6.45) is 4.42. The van der Waals surface area contributed by atoms with Gasteiger partial charge in [0.25, 0.3) is 5.91 Å². The lowest BCUT2D eigenvalue weighted by molar-refractivity contribution is -0.121. The molecule has 1 aromatic carbocycles. The van der Waals surface area contributed by atoms with Crippen molar-refractivity contribution in [3.63, 3.8) is 0 Å². The van der Waals surface area contributed by atoms with E-state index in [2.05, 4.69) is 15.6 Å². The molecule has 0 aliphatic carbocycles. The van der Waals surface area contributed by atoms with Crippen molar-refractivity contribution >= 4 is 29.1 Å². The maximum Gasteiger partial charge on any atom is 0.255 e. The van der Waals surface area contributed by atoms with Gasteiger partial charge in [0.05, 0.1) is 5.56 Å². The van der Waals surface area contributed by atoms with Crippen molar-refractivity contribution in [1.82, 2.24) is 9.88 Å². The van der Waals surface area contributed by atoms with Crippen LogP contribution >= 0.6 is 0 Å². The molecule has 0 bridgehead atoms. The van der Waals surface area contributed by atoms with Crippen LogP contribution in [0.1, 0.15) is 30.1 Å². The Morgan fingerprint density at radius 2 is 1.74 bits per heavy atom. The fourth-order valence-electron chi connectivity index (χ4n) is 3.14. The SMILES string of the molecule is CC(=O)Nc1cccc(NC(=O)C2CCN(C(=O)c3cccnc3)CC2)c1. The Kier molecular flexibility index (Phi) is 5.80. The zero-order valence-electron chi connectivity index (χ0n) is 15.1. The number of piperidine rings is 1. The van der Waals surface area contributed by atoms with Crippen molar-refractivity contribution in [3.8, 4) is 0 Å². The van der Waals surface area contributed by atoms with Crippen LogP contribution in [-0.2, 0) is 9.59 Å². The minimum Gasteiger partial charge on any atom is -0.339 e. The predicted molar refractivity (Wildman–Crippen MR) is 102 cm³/mol. The number of benzene rings is 1. The highest BCUT2D eigenvalue weighted by atomic mass is 16.2. The zero-order chi connectivity index (χ0) is 19.2. The Morgan fingerprint density at radius 3 is 2.37 bits per heavy atom. The lowest BCUT2D eigenvalue weighted by Crippen LogP contribution is -2.41. The van der Waals surface area contributed by atoms with E-state index in [0.717, 1.165) is 0 Å². The third kappa shape index (κ3) is 4.91.